The van der Waals surface area contributed by atoms with Gasteiger partial charge in [-0.05, 0) is 37.8 Å². The molecule has 0 saturated heterocycles. The van der Waals surface area contributed by atoms with Crippen LogP contribution in [0.4, 0.5) is 0 Å². The van der Waals surface area contributed by atoms with Gasteiger partial charge in [0.2, 0.25) is 0 Å². The molecule has 6 nitrogen and oxygen atoms in total. The summed E-state index contributed by atoms with van der Waals surface area (Å²) in [4.78, 5) is 29.0. The zero-order valence-electron chi connectivity index (χ0n) is 15.2. The lowest BCUT2D eigenvalue weighted by molar-refractivity contribution is -0.141. The van der Waals surface area contributed by atoms with E-state index in [1.807, 2.05) is 18.2 Å². The fourth-order valence-electron chi connectivity index (χ4n) is 2.66. The number of carboxylic acid groups (broad SMARTS) is 1. The summed E-state index contributed by atoms with van der Waals surface area (Å²) in [7, 11) is 1.55. The lowest BCUT2D eigenvalue weighted by Crippen LogP contribution is -2.34. The Bertz CT molecular complexity index is 773. The molecule has 0 spiro atoms. The molecule has 26 heavy (non-hydrogen) atoms. The molecule has 1 aromatic heterocycles. The SMILES string of the molecule is CCCc1nc(C)c(C(=O)NCC(Cc2ccccc2OC)C(=O)O)s1. The number of methoxy groups -OCH3 is 1. The number of para-hydroxylation sites is 1. The Morgan fingerprint density at radius 1 is 1.35 bits per heavy atom. The van der Waals surface area contributed by atoms with Crippen LogP contribution >= 0.6 is 11.3 Å². The fourth-order valence-corrected chi connectivity index (χ4v) is 3.75. The van der Waals surface area contributed by atoms with E-state index in [1.54, 1.807) is 20.1 Å². The standard InChI is InChI=1S/C19H24N2O4S/c1-4-7-16-21-12(2)17(26-16)18(22)20-11-14(19(23)24)10-13-8-5-6-9-15(13)25-3/h5-6,8-9,14H,4,7,10-11H2,1-3H3,(H,20,22)(H,23,24). The summed E-state index contributed by atoms with van der Waals surface area (Å²) in [6.07, 6.45) is 2.08. The number of thiazole rings is 1. The molecule has 140 valence electrons. The Kier molecular flexibility index (Phi) is 7.15. The minimum atomic E-state index is -0.955. The van der Waals surface area contributed by atoms with Gasteiger partial charge < -0.3 is 15.2 Å². The van der Waals surface area contributed by atoms with Gasteiger partial charge >= 0.3 is 5.97 Å². The van der Waals surface area contributed by atoms with Gasteiger partial charge in [-0.1, -0.05) is 25.1 Å². The van der Waals surface area contributed by atoms with Crippen molar-refractivity contribution in [2.45, 2.75) is 33.1 Å². The van der Waals surface area contributed by atoms with Crippen molar-refractivity contribution in [3.8, 4) is 5.75 Å². The average Bonchev–Trinajstić information content (AvgIpc) is 2.99. The number of aryl methyl sites for hydroxylation is 2. The van der Waals surface area contributed by atoms with Gasteiger partial charge in [-0.15, -0.1) is 11.3 Å². The summed E-state index contributed by atoms with van der Waals surface area (Å²) in [6, 6.07) is 7.30. The van der Waals surface area contributed by atoms with E-state index in [2.05, 4.69) is 17.2 Å². The third-order valence-electron chi connectivity index (χ3n) is 4.03. The number of ether oxygens (including phenoxy) is 1. The van der Waals surface area contributed by atoms with Gasteiger partial charge in [0.1, 0.15) is 10.6 Å². The van der Waals surface area contributed by atoms with E-state index in [0.717, 1.165) is 23.4 Å². The molecule has 7 heteroatoms. The number of carbonyl (C=O) groups is 2. The van der Waals surface area contributed by atoms with Crippen LogP contribution in [-0.2, 0) is 17.6 Å². The van der Waals surface area contributed by atoms with Crippen LogP contribution in [0.1, 0.15) is 39.3 Å². The van der Waals surface area contributed by atoms with Crippen LogP contribution in [0, 0.1) is 12.8 Å². The fraction of sp³-hybridized carbons (Fsp3) is 0.421. The first-order chi connectivity index (χ1) is 12.5. The summed E-state index contributed by atoms with van der Waals surface area (Å²) in [5.41, 5.74) is 1.49. The van der Waals surface area contributed by atoms with E-state index >= 15 is 0 Å². The van der Waals surface area contributed by atoms with E-state index < -0.39 is 11.9 Å². The van der Waals surface area contributed by atoms with Crippen molar-refractivity contribution in [3.05, 3.63) is 45.4 Å². The van der Waals surface area contributed by atoms with Crippen LogP contribution in [0.5, 0.6) is 5.75 Å². The van der Waals surface area contributed by atoms with Crippen molar-refractivity contribution in [2.75, 3.05) is 13.7 Å². The van der Waals surface area contributed by atoms with Gasteiger partial charge in [-0.2, -0.15) is 0 Å². The predicted molar refractivity (Wildman–Crippen MR) is 101 cm³/mol. The quantitative estimate of drug-likeness (QED) is 0.702. The van der Waals surface area contributed by atoms with Gasteiger partial charge in [0.15, 0.2) is 0 Å². The molecule has 1 atom stereocenters. The molecule has 2 N–H and O–H groups in total. The molecule has 0 bridgehead atoms. The van der Waals surface area contributed by atoms with E-state index in [-0.39, 0.29) is 18.9 Å². The largest absolute Gasteiger partial charge is 0.496 e. The van der Waals surface area contributed by atoms with Crippen LogP contribution < -0.4 is 10.1 Å². The predicted octanol–water partition coefficient (Wildman–Crippen LogP) is 3.09. The van der Waals surface area contributed by atoms with Crippen LogP contribution in [0.15, 0.2) is 24.3 Å². The Morgan fingerprint density at radius 2 is 2.08 bits per heavy atom. The molecule has 2 aromatic rings. The number of hydrogen-bond acceptors (Lipinski definition) is 5. The highest BCUT2D eigenvalue weighted by Crippen LogP contribution is 2.22. The first kappa shape index (κ1) is 19.9. The molecular formula is C19H24N2O4S. The lowest BCUT2D eigenvalue weighted by Gasteiger charge is -2.15. The van der Waals surface area contributed by atoms with Crippen LogP contribution in [0.25, 0.3) is 0 Å². The van der Waals surface area contributed by atoms with Gasteiger partial charge in [0.25, 0.3) is 5.91 Å². The minimum Gasteiger partial charge on any atom is -0.496 e. The second kappa shape index (κ2) is 9.33. The molecule has 0 radical (unpaired) electrons. The van der Waals surface area contributed by atoms with Crippen molar-refractivity contribution in [3.63, 3.8) is 0 Å². The first-order valence-corrected chi connectivity index (χ1v) is 9.37. The molecule has 1 aromatic carbocycles. The third kappa shape index (κ3) is 5.05. The van der Waals surface area contributed by atoms with Gasteiger partial charge in [-0.25, -0.2) is 4.98 Å². The molecule has 1 unspecified atom stereocenters. The molecule has 2 rings (SSSR count). The summed E-state index contributed by atoms with van der Waals surface area (Å²) >= 11 is 1.37. The van der Waals surface area contributed by atoms with Crippen LogP contribution in [-0.4, -0.2) is 35.6 Å². The summed E-state index contributed by atoms with van der Waals surface area (Å²) < 4.78 is 5.28. The Labute approximate surface area is 157 Å². The first-order valence-electron chi connectivity index (χ1n) is 8.55. The number of hydrogen-bond donors (Lipinski definition) is 2. The summed E-state index contributed by atoms with van der Waals surface area (Å²) in [5, 5.41) is 13.2. The number of amides is 1. The summed E-state index contributed by atoms with van der Waals surface area (Å²) in [6.45, 7) is 3.91. The minimum absolute atomic E-state index is 0.0483. The number of nitrogens with zero attached hydrogens (tertiary/aromatic N) is 1. The number of nitrogens with one attached hydrogen (secondary N) is 1. The molecule has 0 fully saturated rings. The maximum absolute atomic E-state index is 12.4. The van der Waals surface area contributed by atoms with Crippen LogP contribution in [0.3, 0.4) is 0 Å². The average molecular weight is 376 g/mol. The highest BCUT2D eigenvalue weighted by molar-refractivity contribution is 7.13. The maximum atomic E-state index is 12.4. The number of benzene rings is 1. The van der Waals surface area contributed by atoms with Crippen LogP contribution in [0.2, 0.25) is 0 Å². The second-order valence-corrected chi connectivity index (χ2v) is 7.12. The number of carbonyl (C=O) groups excluding carboxylic acids is 1. The van der Waals surface area contributed by atoms with Gasteiger partial charge in [-0.3, -0.25) is 9.59 Å². The lowest BCUT2D eigenvalue weighted by atomic mass is 9.98. The maximum Gasteiger partial charge on any atom is 0.308 e. The molecular weight excluding hydrogens is 352 g/mol. The summed E-state index contributed by atoms with van der Waals surface area (Å²) in [5.74, 6) is -1.32. The third-order valence-corrected chi connectivity index (χ3v) is 5.24. The van der Waals surface area contributed by atoms with Crippen molar-refractivity contribution >= 4 is 23.2 Å². The van der Waals surface area contributed by atoms with Crippen molar-refractivity contribution < 1.29 is 19.4 Å². The highest BCUT2D eigenvalue weighted by atomic mass is 32.1. The monoisotopic (exact) mass is 376 g/mol. The van der Waals surface area contributed by atoms with Crippen molar-refractivity contribution in [1.29, 1.82) is 0 Å². The zero-order valence-corrected chi connectivity index (χ0v) is 16.1. The second-order valence-electron chi connectivity index (χ2n) is 6.03. The van der Waals surface area contributed by atoms with E-state index in [4.69, 9.17) is 4.74 Å². The Morgan fingerprint density at radius 3 is 2.73 bits per heavy atom. The molecule has 0 saturated carbocycles. The number of aliphatic carboxylic acids is 1. The van der Waals surface area contributed by atoms with Gasteiger partial charge in [0, 0.05) is 6.54 Å². The number of carboxylic acids is 1. The highest BCUT2D eigenvalue weighted by Gasteiger charge is 2.22. The normalized spacial score (nSPS) is 11.8. The van der Waals surface area contributed by atoms with Crippen molar-refractivity contribution in [2.24, 2.45) is 5.92 Å². The molecule has 1 amide bonds. The smallest absolute Gasteiger partial charge is 0.308 e. The molecule has 0 aliphatic rings. The Hall–Kier alpha value is -2.41. The van der Waals surface area contributed by atoms with E-state index in [0.29, 0.717) is 16.3 Å². The molecule has 1 heterocycles. The Balaban J connectivity index is 2.04. The zero-order chi connectivity index (χ0) is 19.1. The number of rotatable bonds is 9. The molecule has 0 aliphatic heterocycles. The van der Waals surface area contributed by atoms with Gasteiger partial charge in [0.05, 0.1) is 23.7 Å². The van der Waals surface area contributed by atoms with Crippen molar-refractivity contribution in [1.82, 2.24) is 10.3 Å². The van der Waals surface area contributed by atoms with E-state index in [9.17, 15) is 14.7 Å². The molecule has 0 aliphatic carbocycles. The number of aromatic nitrogens is 1. The van der Waals surface area contributed by atoms with E-state index in [1.165, 1.54) is 11.3 Å². The topological polar surface area (TPSA) is 88.5 Å².